The van der Waals surface area contributed by atoms with Crippen LogP contribution in [0.2, 0.25) is 0 Å². The van der Waals surface area contributed by atoms with Crippen molar-refractivity contribution in [2.24, 2.45) is 4.99 Å². The number of aliphatic hydroxyl groups excluding tert-OH is 1. The molecule has 3 aromatic rings. The van der Waals surface area contributed by atoms with Gasteiger partial charge in [-0.3, -0.25) is 9.59 Å². The van der Waals surface area contributed by atoms with E-state index in [1.54, 1.807) is 51.1 Å². The molecule has 2 aliphatic rings. The third kappa shape index (κ3) is 7.96. The number of fused-ring (bicyclic) bond motifs is 1. The predicted octanol–water partition coefficient (Wildman–Crippen LogP) is 5.63. The zero-order valence-corrected chi connectivity index (χ0v) is 27.1. The Labute approximate surface area is 270 Å². The van der Waals surface area contributed by atoms with Crippen LogP contribution in [-0.4, -0.2) is 54.0 Å². The highest BCUT2D eigenvalue weighted by atomic mass is 79.9. The van der Waals surface area contributed by atoms with Crippen LogP contribution in [0.1, 0.15) is 62.8 Å². The van der Waals surface area contributed by atoms with E-state index < -0.39 is 29.1 Å². The lowest BCUT2D eigenvalue weighted by Crippen LogP contribution is -2.48. The minimum Gasteiger partial charge on any atom is -0.494 e. The average molecular weight is 682 g/mol. The van der Waals surface area contributed by atoms with Gasteiger partial charge in [-0.1, -0.05) is 34.1 Å². The monoisotopic (exact) mass is 680 g/mol. The van der Waals surface area contributed by atoms with Crippen molar-refractivity contribution >= 4 is 33.7 Å². The Kier molecular flexibility index (Phi) is 9.99. The third-order valence-electron chi connectivity index (χ3n) is 7.22. The standard InChI is InChI=1S/C34H37BrN2O8/c1-33(2,3)45-29(39)15-16-34(32(40)36-20-22-5-14-27-28(19-22)43-21-42-27)30(23-6-10-25(35)11-7-23)44-31(37-34)24-8-12-26(13-9-24)41-18-4-17-38/h5-14,19,30,38H,4,15-18,20-21H2,1-3H3,(H,36,40)/t30-,34-/m1/s1. The maximum Gasteiger partial charge on any atom is 0.306 e. The van der Waals surface area contributed by atoms with Crippen molar-refractivity contribution in [3.05, 3.63) is 87.9 Å². The van der Waals surface area contributed by atoms with Crippen LogP contribution in [0, 0.1) is 0 Å². The molecular weight excluding hydrogens is 644 g/mol. The fourth-order valence-electron chi connectivity index (χ4n) is 5.08. The van der Waals surface area contributed by atoms with E-state index in [2.05, 4.69) is 21.2 Å². The molecule has 45 heavy (non-hydrogen) atoms. The number of aliphatic hydroxyl groups is 1. The summed E-state index contributed by atoms with van der Waals surface area (Å²) in [6, 6.07) is 20.2. The molecule has 0 radical (unpaired) electrons. The number of hydrogen-bond acceptors (Lipinski definition) is 9. The molecule has 0 saturated heterocycles. The zero-order chi connectivity index (χ0) is 32.0. The van der Waals surface area contributed by atoms with Crippen LogP contribution in [0.5, 0.6) is 17.2 Å². The van der Waals surface area contributed by atoms with E-state index in [0.29, 0.717) is 35.8 Å². The molecule has 2 atom stereocenters. The van der Waals surface area contributed by atoms with E-state index in [1.807, 2.05) is 36.4 Å². The van der Waals surface area contributed by atoms with Gasteiger partial charge in [-0.25, -0.2) is 4.99 Å². The highest BCUT2D eigenvalue weighted by Gasteiger charge is 2.53. The van der Waals surface area contributed by atoms with Gasteiger partial charge in [-0.2, -0.15) is 0 Å². The SMILES string of the molecule is CC(C)(C)OC(=O)CC[C@@]1(C(=O)NCc2ccc3c(c2)OCO3)N=C(c2ccc(OCCCO)cc2)O[C@@H]1c1ccc(Br)cc1. The second kappa shape index (κ2) is 13.9. The smallest absolute Gasteiger partial charge is 0.306 e. The number of carbonyl (C=O) groups excluding carboxylic acids is 2. The molecule has 0 spiro atoms. The molecule has 2 heterocycles. The van der Waals surface area contributed by atoms with Crippen molar-refractivity contribution < 1.29 is 38.4 Å². The minimum absolute atomic E-state index is 0.0431. The molecule has 238 valence electrons. The first-order valence-electron chi connectivity index (χ1n) is 14.8. The normalized spacial score (nSPS) is 18.6. The largest absolute Gasteiger partial charge is 0.494 e. The predicted molar refractivity (Wildman–Crippen MR) is 170 cm³/mol. The maximum atomic E-state index is 14.3. The Morgan fingerprint density at radius 1 is 1.04 bits per heavy atom. The summed E-state index contributed by atoms with van der Waals surface area (Å²) in [4.78, 5) is 32.3. The van der Waals surface area contributed by atoms with Gasteiger partial charge in [-0.05, 0) is 86.8 Å². The van der Waals surface area contributed by atoms with Gasteiger partial charge in [0.15, 0.2) is 23.1 Å². The van der Waals surface area contributed by atoms with E-state index in [0.717, 1.165) is 15.6 Å². The van der Waals surface area contributed by atoms with Crippen molar-refractivity contribution in [1.29, 1.82) is 0 Å². The molecule has 1 amide bonds. The molecule has 5 rings (SSSR count). The van der Waals surface area contributed by atoms with Gasteiger partial charge < -0.3 is 34.1 Å². The first kappa shape index (κ1) is 32.3. The highest BCUT2D eigenvalue weighted by molar-refractivity contribution is 9.10. The Bertz CT molecular complexity index is 1540. The molecule has 0 unspecified atom stereocenters. The number of amides is 1. The van der Waals surface area contributed by atoms with E-state index in [-0.39, 0.29) is 38.7 Å². The summed E-state index contributed by atoms with van der Waals surface area (Å²) in [5.74, 6) is 1.34. The van der Waals surface area contributed by atoms with E-state index in [9.17, 15) is 9.59 Å². The van der Waals surface area contributed by atoms with Gasteiger partial charge in [-0.15, -0.1) is 0 Å². The van der Waals surface area contributed by atoms with Gasteiger partial charge >= 0.3 is 5.97 Å². The number of hydrogen-bond donors (Lipinski definition) is 2. The molecular formula is C34H37BrN2O8. The number of ether oxygens (including phenoxy) is 5. The molecule has 11 heteroatoms. The quantitative estimate of drug-likeness (QED) is 0.186. The minimum atomic E-state index is -1.49. The lowest BCUT2D eigenvalue weighted by atomic mass is 9.83. The van der Waals surface area contributed by atoms with Crippen LogP contribution in [0.25, 0.3) is 0 Å². The summed E-state index contributed by atoms with van der Waals surface area (Å²) >= 11 is 3.48. The Balaban J connectivity index is 1.48. The van der Waals surface area contributed by atoms with Gasteiger partial charge in [0, 0.05) is 36.0 Å². The summed E-state index contributed by atoms with van der Waals surface area (Å²) in [6.45, 7) is 6.18. The van der Waals surface area contributed by atoms with Crippen LogP contribution in [0.4, 0.5) is 0 Å². The summed E-state index contributed by atoms with van der Waals surface area (Å²) < 4.78 is 29.6. The molecule has 0 aliphatic carbocycles. The van der Waals surface area contributed by atoms with E-state index in [4.69, 9.17) is 33.8 Å². The van der Waals surface area contributed by atoms with E-state index >= 15 is 0 Å². The molecule has 0 bridgehead atoms. The summed E-state index contributed by atoms with van der Waals surface area (Å²) in [5, 5.41) is 12.1. The van der Waals surface area contributed by atoms with Crippen LogP contribution in [0.3, 0.4) is 0 Å². The van der Waals surface area contributed by atoms with Crippen molar-refractivity contribution in [2.75, 3.05) is 20.0 Å². The molecule has 2 aliphatic heterocycles. The number of carbonyl (C=O) groups is 2. The number of esters is 1. The van der Waals surface area contributed by atoms with Crippen LogP contribution in [-0.2, 0) is 25.6 Å². The molecule has 0 saturated carbocycles. The zero-order valence-electron chi connectivity index (χ0n) is 25.5. The molecule has 3 aromatic carbocycles. The van der Waals surface area contributed by atoms with Crippen molar-refractivity contribution in [3.8, 4) is 17.2 Å². The molecule has 2 N–H and O–H groups in total. The fourth-order valence-corrected chi connectivity index (χ4v) is 5.34. The molecule has 0 fully saturated rings. The van der Waals surface area contributed by atoms with E-state index in [1.165, 1.54) is 0 Å². The number of rotatable bonds is 12. The number of halogens is 1. The van der Waals surface area contributed by atoms with Gasteiger partial charge in [0.05, 0.1) is 6.61 Å². The number of benzene rings is 3. The average Bonchev–Trinajstić information content (AvgIpc) is 3.64. The highest BCUT2D eigenvalue weighted by Crippen LogP contribution is 2.44. The lowest BCUT2D eigenvalue weighted by molar-refractivity contribution is -0.155. The number of nitrogens with one attached hydrogen (secondary N) is 1. The Morgan fingerprint density at radius 2 is 1.78 bits per heavy atom. The van der Waals surface area contributed by atoms with Gasteiger partial charge in [0.1, 0.15) is 11.4 Å². The number of nitrogens with zero attached hydrogens (tertiary/aromatic N) is 1. The fraction of sp³-hybridized carbons (Fsp3) is 0.382. The first-order valence-corrected chi connectivity index (χ1v) is 15.6. The Morgan fingerprint density at radius 3 is 2.49 bits per heavy atom. The second-order valence-electron chi connectivity index (χ2n) is 11.8. The Hall–Kier alpha value is -4.09. The molecule has 0 aromatic heterocycles. The number of aliphatic imine (C=N–C) groups is 1. The topological polar surface area (TPSA) is 125 Å². The van der Waals surface area contributed by atoms with Gasteiger partial charge in [0.2, 0.25) is 12.7 Å². The lowest BCUT2D eigenvalue weighted by Gasteiger charge is -2.31. The molecule has 10 nitrogen and oxygen atoms in total. The summed E-state index contributed by atoms with van der Waals surface area (Å²) in [5.41, 5.74) is 0.0123. The second-order valence-corrected chi connectivity index (χ2v) is 12.7. The van der Waals surface area contributed by atoms with Crippen LogP contribution >= 0.6 is 15.9 Å². The van der Waals surface area contributed by atoms with Crippen LogP contribution < -0.4 is 19.5 Å². The van der Waals surface area contributed by atoms with Crippen LogP contribution in [0.15, 0.2) is 76.2 Å². The maximum absolute atomic E-state index is 14.3. The third-order valence-corrected chi connectivity index (χ3v) is 7.75. The van der Waals surface area contributed by atoms with Crippen molar-refractivity contribution in [1.82, 2.24) is 5.32 Å². The first-order chi connectivity index (χ1) is 21.6. The van der Waals surface area contributed by atoms with Crippen molar-refractivity contribution in [2.45, 2.75) is 63.8 Å². The summed E-state index contributed by atoms with van der Waals surface area (Å²) in [7, 11) is 0. The summed E-state index contributed by atoms with van der Waals surface area (Å²) in [6.07, 6.45) is -0.324. The van der Waals surface area contributed by atoms with Gasteiger partial charge in [0.25, 0.3) is 5.91 Å². The van der Waals surface area contributed by atoms with Crippen molar-refractivity contribution in [3.63, 3.8) is 0 Å².